The second-order valence-corrected chi connectivity index (χ2v) is 5.85. The minimum atomic E-state index is 0.0705. The van der Waals surface area contributed by atoms with Crippen molar-refractivity contribution in [3.8, 4) is 0 Å². The molecule has 2 nitrogen and oxygen atoms in total. The fraction of sp³-hybridized carbons (Fsp3) is 0.462. The van der Waals surface area contributed by atoms with Crippen LogP contribution in [0.5, 0.6) is 0 Å². The number of rotatable bonds is 3. The highest BCUT2D eigenvalue weighted by Crippen LogP contribution is 2.29. The van der Waals surface area contributed by atoms with Crippen LogP contribution in [0.1, 0.15) is 32.1 Å². The van der Waals surface area contributed by atoms with Crippen molar-refractivity contribution < 1.29 is 4.79 Å². The van der Waals surface area contributed by atoms with Crippen molar-refractivity contribution in [3.05, 3.63) is 27.7 Å². The van der Waals surface area contributed by atoms with Gasteiger partial charge >= 0.3 is 0 Å². The van der Waals surface area contributed by atoms with Crippen molar-refractivity contribution >= 4 is 39.1 Å². The summed E-state index contributed by atoms with van der Waals surface area (Å²) in [6.45, 7) is 0. The standard InChI is InChI=1S/C13H15BrClNO/c14-10-5-6-12(11(15)8-10)16-13(17)7-9-3-1-2-4-9/h5-6,8-9H,1-4,7H2,(H,16,17). The maximum Gasteiger partial charge on any atom is 0.224 e. The number of anilines is 1. The van der Waals surface area contributed by atoms with Gasteiger partial charge in [0.05, 0.1) is 10.7 Å². The van der Waals surface area contributed by atoms with E-state index in [4.69, 9.17) is 11.6 Å². The topological polar surface area (TPSA) is 29.1 Å². The van der Waals surface area contributed by atoms with Gasteiger partial charge in [-0.1, -0.05) is 40.4 Å². The van der Waals surface area contributed by atoms with Gasteiger partial charge in [-0.3, -0.25) is 4.79 Å². The Morgan fingerprint density at radius 3 is 2.76 bits per heavy atom. The third-order valence-corrected chi connectivity index (χ3v) is 3.96. The lowest BCUT2D eigenvalue weighted by Crippen LogP contribution is -2.15. The fourth-order valence-electron chi connectivity index (χ4n) is 2.27. The van der Waals surface area contributed by atoms with Crippen LogP contribution < -0.4 is 5.32 Å². The highest BCUT2D eigenvalue weighted by atomic mass is 79.9. The fourth-order valence-corrected chi connectivity index (χ4v) is 2.99. The number of nitrogens with one attached hydrogen (secondary N) is 1. The van der Waals surface area contributed by atoms with Crippen LogP contribution in [-0.2, 0) is 4.79 Å². The third kappa shape index (κ3) is 3.71. The molecule has 1 saturated carbocycles. The van der Waals surface area contributed by atoms with Gasteiger partial charge in [-0.15, -0.1) is 0 Å². The smallest absolute Gasteiger partial charge is 0.224 e. The maximum absolute atomic E-state index is 11.8. The molecule has 0 unspecified atom stereocenters. The van der Waals surface area contributed by atoms with Gasteiger partial charge in [-0.05, 0) is 37.0 Å². The Kier molecular flexibility index (Phi) is 4.46. The molecule has 0 bridgehead atoms. The van der Waals surface area contributed by atoms with Crippen LogP contribution in [-0.4, -0.2) is 5.91 Å². The summed E-state index contributed by atoms with van der Waals surface area (Å²) >= 11 is 9.38. The van der Waals surface area contributed by atoms with Crippen LogP contribution in [0, 0.1) is 5.92 Å². The van der Waals surface area contributed by atoms with Gasteiger partial charge in [0, 0.05) is 10.9 Å². The minimum absolute atomic E-state index is 0.0705. The van der Waals surface area contributed by atoms with Gasteiger partial charge in [0.2, 0.25) is 5.91 Å². The zero-order valence-corrected chi connectivity index (χ0v) is 11.9. The van der Waals surface area contributed by atoms with E-state index in [-0.39, 0.29) is 5.91 Å². The molecule has 4 heteroatoms. The van der Waals surface area contributed by atoms with Crippen molar-refractivity contribution in [2.24, 2.45) is 5.92 Å². The van der Waals surface area contributed by atoms with E-state index < -0.39 is 0 Å². The third-order valence-electron chi connectivity index (χ3n) is 3.15. The quantitative estimate of drug-likeness (QED) is 0.866. The molecule has 1 aliphatic rings. The second-order valence-electron chi connectivity index (χ2n) is 4.53. The molecule has 0 heterocycles. The highest BCUT2D eigenvalue weighted by molar-refractivity contribution is 9.10. The van der Waals surface area contributed by atoms with Crippen LogP contribution >= 0.6 is 27.5 Å². The first-order valence-electron chi connectivity index (χ1n) is 5.90. The molecule has 1 aliphatic carbocycles. The van der Waals surface area contributed by atoms with Gasteiger partial charge in [0.25, 0.3) is 0 Å². The van der Waals surface area contributed by atoms with E-state index in [1.165, 1.54) is 25.7 Å². The molecule has 17 heavy (non-hydrogen) atoms. The Morgan fingerprint density at radius 2 is 2.12 bits per heavy atom. The Hall–Kier alpha value is -0.540. The van der Waals surface area contributed by atoms with E-state index in [2.05, 4.69) is 21.2 Å². The minimum Gasteiger partial charge on any atom is -0.325 e. The molecule has 1 aromatic carbocycles. The van der Waals surface area contributed by atoms with Crippen LogP contribution in [0.15, 0.2) is 22.7 Å². The Bertz CT molecular complexity index is 416. The summed E-state index contributed by atoms with van der Waals surface area (Å²) < 4.78 is 0.913. The number of hydrogen-bond acceptors (Lipinski definition) is 1. The van der Waals surface area contributed by atoms with Crippen LogP contribution in [0.25, 0.3) is 0 Å². The highest BCUT2D eigenvalue weighted by Gasteiger charge is 2.18. The zero-order chi connectivity index (χ0) is 12.3. The summed E-state index contributed by atoms with van der Waals surface area (Å²) in [7, 11) is 0. The summed E-state index contributed by atoms with van der Waals surface area (Å²) in [4.78, 5) is 11.8. The Labute approximate surface area is 115 Å². The lowest BCUT2D eigenvalue weighted by atomic mass is 10.0. The second kappa shape index (κ2) is 5.87. The van der Waals surface area contributed by atoms with Gasteiger partial charge in [0.1, 0.15) is 0 Å². The molecule has 0 radical (unpaired) electrons. The zero-order valence-electron chi connectivity index (χ0n) is 9.51. The Balaban J connectivity index is 1.93. The normalized spacial score (nSPS) is 16.1. The number of amides is 1. The van der Waals surface area contributed by atoms with E-state index >= 15 is 0 Å². The largest absolute Gasteiger partial charge is 0.325 e. The molecule has 1 fully saturated rings. The van der Waals surface area contributed by atoms with Crippen molar-refractivity contribution in [3.63, 3.8) is 0 Å². The average Bonchev–Trinajstić information content (AvgIpc) is 2.75. The summed E-state index contributed by atoms with van der Waals surface area (Å²) in [5.74, 6) is 0.630. The Morgan fingerprint density at radius 1 is 1.41 bits per heavy atom. The van der Waals surface area contributed by atoms with Crippen LogP contribution in [0.2, 0.25) is 5.02 Å². The molecule has 92 valence electrons. The van der Waals surface area contributed by atoms with Crippen molar-refractivity contribution in [1.82, 2.24) is 0 Å². The van der Waals surface area contributed by atoms with Crippen molar-refractivity contribution in [2.45, 2.75) is 32.1 Å². The molecule has 1 amide bonds. The average molecular weight is 317 g/mol. The maximum atomic E-state index is 11.8. The first-order valence-corrected chi connectivity index (χ1v) is 7.07. The lowest BCUT2D eigenvalue weighted by molar-refractivity contribution is -0.117. The summed E-state index contributed by atoms with van der Waals surface area (Å²) in [5, 5.41) is 3.44. The van der Waals surface area contributed by atoms with E-state index in [0.717, 1.165) is 4.47 Å². The van der Waals surface area contributed by atoms with Gasteiger partial charge in [-0.2, -0.15) is 0 Å². The summed E-state index contributed by atoms with van der Waals surface area (Å²) in [5.41, 5.74) is 0.692. The van der Waals surface area contributed by atoms with E-state index in [9.17, 15) is 4.79 Å². The molecule has 0 aliphatic heterocycles. The van der Waals surface area contributed by atoms with E-state index in [1.807, 2.05) is 12.1 Å². The van der Waals surface area contributed by atoms with Crippen LogP contribution in [0.3, 0.4) is 0 Å². The van der Waals surface area contributed by atoms with Gasteiger partial charge in [-0.25, -0.2) is 0 Å². The molecular formula is C13H15BrClNO. The first kappa shape index (κ1) is 12.9. The number of carbonyl (C=O) groups is 1. The molecule has 1 aromatic rings. The number of hydrogen-bond donors (Lipinski definition) is 1. The molecule has 2 rings (SSSR count). The molecule has 1 N–H and O–H groups in total. The van der Waals surface area contributed by atoms with Gasteiger partial charge < -0.3 is 5.32 Å². The van der Waals surface area contributed by atoms with Crippen LogP contribution in [0.4, 0.5) is 5.69 Å². The number of benzene rings is 1. The molecule has 0 spiro atoms. The van der Waals surface area contributed by atoms with Crippen molar-refractivity contribution in [2.75, 3.05) is 5.32 Å². The van der Waals surface area contributed by atoms with Gasteiger partial charge in [0.15, 0.2) is 0 Å². The number of halogens is 2. The molecule has 0 aromatic heterocycles. The summed E-state index contributed by atoms with van der Waals surface area (Å²) in [6, 6.07) is 5.47. The molecule has 0 atom stereocenters. The predicted octanol–water partition coefficient (Wildman–Crippen LogP) is 4.62. The van der Waals surface area contributed by atoms with E-state index in [1.54, 1.807) is 6.07 Å². The number of carbonyl (C=O) groups excluding carboxylic acids is 1. The lowest BCUT2D eigenvalue weighted by Gasteiger charge is -2.10. The molecule has 0 saturated heterocycles. The SMILES string of the molecule is O=C(CC1CCCC1)Nc1ccc(Br)cc1Cl. The summed E-state index contributed by atoms with van der Waals surface area (Å²) in [6.07, 6.45) is 5.50. The van der Waals surface area contributed by atoms with E-state index in [0.29, 0.717) is 23.0 Å². The monoisotopic (exact) mass is 315 g/mol. The molecular weight excluding hydrogens is 302 g/mol. The predicted molar refractivity (Wildman–Crippen MR) is 74.4 cm³/mol. The first-order chi connectivity index (χ1) is 8.15. The van der Waals surface area contributed by atoms with Crippen molar-refractivity contribution in [1.29, 1.82) is 0 Å².